The molecule has 1 heteroatoms. The van der Waals surface area contributed by atoms with Crippen molar-refractivity contribution in [3.8, 4) is 6.07 Å². The molecule has 0 amide bonds. The lowest BCUT2D eigenvalue weighted by molar-refractivity contribution is 0.419. The van der Waals surface area contributed by atoms with E-state index in [-0.39, 0.29) is 0 Å². The van der Waals surface area contributed by atoms with E-state index in [1.54, 1.807) is 22.3 Å². The zero-order chi connectivity index (χ0) is 17.2. The Balaban J connectivity index is 1.55. The molecular formula is C24H27N. The van der Waals surface area contributed by atoms with Gasteiger partial charge >= 0.3 is 0 Å². The minimum Gasteiger partial charge on any atom is -0.192 e. The van der Waals surface area contributed by atoms with Gasteiger partial charge in [-0.3, -0.25) is 0 Å². The Kier molecular flexibility index (Phi) is 4.62. The molecule has 25 heavy (non-hydrogen) atoms. The van der Waals surface area contributed by atoms with Crippen LogP contribution < -0.4 is 0 Å². The van der Waals surface area contributed by atoms with Crippen LogP contribution in [-0.4, -0.2) is 0 Å². The second kappa shape index (κ2) is 7.04. The smallest absolute Gasteiger partial charge is 0.0991 e. The van der Waals surface area contributed by atoms with E-state index in [0.29, 0.717) is 5.92 Å². The summed E-state index contributed by atoms with van der Waals surface area (Å²) in [6, 6.07) is 15.3. The molecule has 0 saturated heterocycles. The Labute approximate surface area is 151 Å². The average molecular weight is 329 g/mol. The summed E-state index contributed by atoms with van der Waals surface area (Å²) in [5.41, 5.74) is 8.75. The molecule has 2 aromatic rings. The van der Waals surface area contributed by atoms with Gasteiger partial charge in [0.2, 0.25) is 0 Å². The van der Waals surface area contributed by atoms with Crippen LogP contribution in [-0.2, 0) is 25.7 Å². The number of nitrogens with zero attached hydrogens (tertiary/aromatic N) is 1. The van der Waals surface area contributed by atoms with E-state index < -0.39 is 0 Å². The Morgan fingerprint density at radius 2 is 1.60 bits per heavy atom. The van der Waals surface area contributed by atoms with Gasteiger partial charge in [-0.15, -0.1) is 0 Å². The lowest BCUT2D eigenvalue weighted by Gasteiger charge is -2.32. The fraction of sp³-hybridized carbons (Fsp3) is 0.458. The van der Waals surface area contributed by atoms with E-state index in [2.05, 4.69) is 37.3 Å². The topological polar surface area (TPSA) is 23.8 Å². The standard InChI is InChI=1S/C24H27N/c1-2-3-17-6-12-23-21(14-17)9-10-22-15-20(11-13-24(22)23)19-7-4-18(16-25)5-8-19/h4-5,7-10,17,20H,2-3,6,11-15H2,1H3. The minimum absolute atomic E-state index is 0.606. The Hall–Kier alpha value is -2.07. The highest BCUT2D eigenvalue weighted by Gasteiger charge is 2.26. The fourth-order valence-corrected chi connectivity index (χ4v) is 5.01. The lowest BCUT2D eigenvalue weighted by atomic mass is 9.73. The first kappa shape index (κ1) is 16.4. The summed E-state index contributed by atoms with van der Waals surface area (Å²) in [5.74, 6) is 1.51. The van der Waals surface area contributed by atoms with E-state index in [9.17, 15) is 0 Å². The number of hydrogen-bond donors (Lipinski definition) is 0. The average Bonchev–Trinajstić information content (AvgIpc) is 2.67. The first-order valence-electron chi connectivity index (χ1n) is 9.91. The molecule has 128 valence electrons. The van der Waals surface area contributed by atoms with Gasteiger partial charge in [0, 0.05) is 0 Å². The molecule has 4 rings (SSSR count). The molecular weight excluding hydrogens is 302 g/mol. The summed E-state index contributed by atoms with van der Waals surface area (Å²) in [6.07, 6.45) is 10.3. The van der Waals surface area contributed by atoms with Crippen LogP contribution >= 0.6 is 0 Å². The van der Waals surface area contributed by atoms with Crippen LogP contribution in [0.4, 0.5) is 0 Å². The largest absolute Gasteiger partial charge is 0.192 e. The van der Waals surface area contributed by atoms with E-state index >= 15 is 0 Å². The summed E-state index contributed by atoms with van der Waals surface area (Å²) in [6.45, 7) is 2.31. The van der Waals surface area contributed by atoms with Gasteiger partial charge in [-0.1, -0.05) is 44.0 Å². The molecule has 0 fully saturated rings. The molecule has 2 aliphatic carbocycles. The third kappa shape index (κ3) is 3.23. The van der Waals surface area contributed by atoms with Crippen LogP contribution in [0, 0.1) is 17.2 Å². The SMILES string of the molecule is CCCC1CCc2c(ccc3c2CCC(c2ccc(C#N)cc2)C3)C1. The van der Waals surface area contributed by atoms with Gasteiger partial charge in [-0.2, -0.15) is 5.26 Å². The number of nitriles is 1. The van der Waals surface area contributed by atoms with Gasteiger partial charge in [-0.05, 0) is 90.3 Å². The van der Waals surface area contributed by atoms with Crippen molar-refractivity contribution in [2.75, 3.05) is 0 Å². The molecule has 1 nitrogen and oxygen atoms in total. The number of hydrogen-bond acceptors (Lipinski definition) is 1. The molecule has 0 aromatic heterocycles. The molecule has 0 saturated carbocycles. The van der Waals surface area contributed by atoms with E-state index in [1.807, 2.05) is 12.1 Å². The predicted molar refractivity (Wildman–Crippen MR) is 103 cm³/mol. The van der Waals surface area contributed by atoms with E-state index in [0.717, 1.165) is 17.9 Å². The highest BCUT2D eigenvalue weighted by molar-refractivity contribution is 5.46. The maximum atomic E-state index is 8.98. The van der Waals surface area contributed by atoms with Crippen molar-refractivity contribution in [2.24, 2.45) is 5.92 Å². The highest BCUT2D eigenvalue weighted by Crippen LogP contribution is 2.38. The van der Waals surface area contributed by atoms with E-state index in [1.165, 1.54) is 50.5 Å². The van der Waals surface area contributed by atoms with Crippen LogP contribution in [0.1, 0.15) is 71.9 Å². The van der Waals surface area contributed by atoms with Crippen molar-refractivity contribution >= 4 is 0 Å². The maximum absolute atomic E-state index is 8.98. The van der Waals surface area contributed by atoms with Crippen LogP contribution in [0.3, 0.4) is 0 Å². The molecule has 2 aliphatic rings. The summed E-state index contributed by atoms with van der Waals surface area (Å²) >= 11 is 0. The van der Waals surface area contributed by atoms with Crippen molar-refractivity contribution in [1.29, 1.82) is 5.26 Å². The molecule has 0 N–H and O–H groups in total. The molecule has 2 aromatic carbocycles. The lowest BCUT2D eigenvalue weighted by Crippen LogP contribution is -2.20. The van der Waals surface area contributed by atoms with Crippen LogP contribution in [0.15, 0.2) is 36.4 Å². The molecule has 2 atom stereocenters. The Morgan fingerprint density at radius 1 is 0.920 bits per heavy atom. The van der Waals surface area contributed by atoms with Gasteiger partial charge < -0.3 is 0 Å². The minimum atomic E-state index is 0.606. The van der Waals surface area contributed by atoms with Gasteiger partial charge in [0.05, 0.1) is 11.6 Å². The van der Waals surface area contributed by atoms with Crippen LogP contribution in [0.25, 0.3) is 0 Å². The summed E-state index contributed by atoms with van der Waals surface area (Å²) in [7, 11) is 0. The van der Waals surface area contributed by atoms with Gasteiger partial charge in [-0.25, -0.2) is 0 Å². The van der Waals surface area contributed by atoms with Crippen molar-refractivity contribution < 1.29 is 0 Å². The molecule has 0 aliphatic heterocycles. The highest BCUT2D eigenvalue weighted by atomic mass is 14.3. The second-order valence-corrected chi connectivity index (χ2v) is 7.91. The zero-order valence-electron chi connectivity index (χ0n) is 15.2. The predicted octanol–water partition coefficient (Wildman–Crippen LogP) is 5.74. The summed E-state index contributed by atoms with van der Waals surface area (Å²) in [4.78, 5) is 0. The monoisotopic (exact) mass is 329 g/mol. The van der Waals surface area contributed by atoms with Gasteiger partial charge in [0.25, 0.3) is 0 Å². The fourth-order valence-electron chi connectivity index (χ4n) is 5.01. The third-order valence-corrected chi connectivity index (χ3v) is 6.35. The molecule has 0 spiro atoms. The molecule has 0 radical (unpaired) electrons. The number of rotatable bonds is 3. The molecule has 2 unspecified atom stereocenters. The normalized spacial score (nSPS) is 21.9. The maximum Gasteiger partial charge on any atom is 0.0991 e. The van der Waals surface area contributed by atoms with Crippen molar-refractivity contribution in [3.63, 3.8) is 0 Å². The molecule has 0 heterocycles. The zero-order valence-corrected chi connectivity index (χ0v) is 15.2. The second-order valence-electron chi connectivity index (χ2n) is 7.91. The third-order valence-electron chi connectivity index (χ3n) is 6.35. The quantitative estimate of drug-likeness (QED) is 0.705. The van der Waals surface area contributed by atoms with Crippen molar-refractivity contribution in [3.05, 3.63) is 69.8 Å². The first-order chi connectivity index (χ1) is 12.3. The van der Waals surface area contributed by atoms with E-state index in [4.69, 9.17) is 5.26 Å². The van der Waals surface area contributed by atoms with Gasteiger partial charge in [0.15, 0.2) is 0 Å². The van der Waals surface area contributed by atoms with Crippen LogP contribution in [0.5, 0.6) is 0 Å². The van der Waals surface area contributed by atoms with Crippen LogP contribution in [0.2, 0.25) is 0 Å². The van der Waals surface area contributed by atoms with Crippen molar-refractivity contribution in [2.45, 2.75) is 64.2 Å². The number of fused-ring (bicyclic) bond motifs is 3. The first-order valence-corrected chi connectivity index (χ1v) is 9.91. The summed E-state index contributed by atoms with van der Waals surface area (Å²) in [5, 5.41) is 8.98. The summed E-state index contributed by atoms with van der Waals surface area (Å²) < 4.78 is 0. The Bertz CT molecular complexity index is 794. The number of benzene rings is 2. The molecule has 0 bridgehead atoms. The van der Waals surface area contributed by atoms with Crippen molar-refractivity contribution in [1.82, 2.24) is 0 Å². The van der Waals surface area contributed by atoms with Gasteiger partial charge in [0.1, 0.15) is 0 Å². The Morgan fingerprint density at radius 3 is 2.28 bits per heavy atom.